The van der Waals surface area contributed by atoms with Crippen LogP contribution < -0.4 is 5.73 Å². The fourth-order valence-electron chi connectivity index (χ4n) is 1.38. The van der Waals surface area contributed by atoms with Crippen LogP contribution in [0.25, 0.3) is 0 Å². The van der Waals surface area contributed by atoms with Gasteiger partial charge in [0.1, 0.15) is 6.26 Å². The van der Waals surface area contributed by atoms with E-state index in [1.165, 1.54) is 12.8 Å². The molecule has 72 valence electrons. The summed E-state index contributed by atoms with van der Waals surface area (Å²) >= 11 is 0. The Morgan fingerprint density at radius 2 is 2.38 bits per heavy atom. The molecule has 2 rings (SSSR count). The number of hydrogen-bond acceptors (Lipinski definition) is 3. The van der Waals surface area contributed by atoms with Crippen molar-refractivity contribution in [2.75, 3.05) is 6.54 Å². The number of aromatic nitrogens is 1. The van der Waals surface area contributed by atoms with Crippen LogP contribution in [0, 0.1) is 0 Å². The number of nitrogens with two attached hydrogens (primary N) is 1. The highest BCUT2D eigenvalue weighted by Crippen LogP contribution is 2.46. The minimum absolute atomic E-state index is 0.251. The molecule has 0 unspecified atom stereocenters. The first-order valence-corrected chi connectivity index (χ1v) is 4.89. The lowest BCUT2D eigenvalue weighted by Gasteiger charge is -1.98. The maximum Gasteiger partial charge on any atom is 0.200 e. The Morgan fingerprint density at radius 3 is 3.00 bits per heavy atom. The minimum atomic E-state index is 0.251. The first-order valence-electron chi connectivity index (χ1n) is 4.89. The number of hydrogen-bond donors (Lipinski definition) is 1. The van der Waals surface area contributed by atoms with Gasteiger partial charge in [-0.25, -0.2) is 4.98 Å². The lowest BCUT2D eigenvalue weighted by atomic mass is 10.1. The van der Waals surface area contributed by atoms with Crippen molar-refractivity contribution in [1.82, 2.24) is 4.98 Å². The van der Waals surface area contributed by atoms with Gasteiger partial charge in [-0.05, 0) is 32.2 Å². The Bertz CT molecular complexity index is 289. The zero-order chi connectivity index (χ0) is 9.31. The molecule has 0 aliphatic heterocycles. The topological polar surface area (TPSA) is 52.0 Å². The minimum Gasteiger partial charge on any atom is -0.448 e. The Hall–Kier alpha value is -0.830. The molecule has 1 heterocycles. The van der Waals surface area contributed by atoms with Gasteiger partial charge in [-0.1, -0.05) is 6.92 Å². The third-order valence-corrected chi connectivity index (χ3v) is 2.71. The van der Waals surface area contributed by atoms with Crippen LogP contribution >= 0.6 is 0 Å². The van der Waals surface area contributed by atoms with E-state index in [2.05, 4.69) is 11.9 Å². The van der Waals surface area contributed by atoms with E-state index in [1.807, 2.05) is 0 Å². The zero-order valence-electron chi connectivity index (χ0n) is 8.05. The average Bonchev–Trinajstić information content (AvgIpc) is 2.69. The van der Waals surface area contributed by atoms with Crippen LogP contribution in [0.5, 0.6) is 0 Å². The molecule has 3 nitrogen and oxygen atoms in total. The molecular formula is C10H16N2O. The van der Waals surface area contributed by atoms with Gasteiger partial charge < -0.3 is 10.2 Å². The highest BCUT2D eigenvalue weighted by molar-refractivity contribution is 5.14. The lowest BCUT2D eigenvalue weighted by molar-refractivity contribution is 0.449. The maximum atomic E-state index is 5.44. The summed E-state index contributed by atoms with van der Waals surface area (Å²) in [5, 5.41) is 0. The van der Waals surface area contributed by atoms with E-state index in [9.17, 15) is 0 Å². The molecule has 0 amide bonds. The van der Waals surface area contributed by atoms with Gasteiger partial charge >= 0.3 is 0 Å². The SMILES string of the molecule is CC1(c2nc(CCCN)co2)CC1. The molecule has 0 bridgehead atoms. The number of rotatable bonds is 4. The van der Waals surface area contributed by atoms with Crippen LogP contribution in [0.1, 0.15) is 37.8 Å². The highest BCUT2D eigenvalue weighted by Gasteiger charge is 2.43. The van der Waals surface area contributed by atoms with Gasteiger partial charge in [0.25, 0.3) is 0 Å². The van der Waals surface area contributed by atoms with E-state index >= 15 is 0 Å². The smallest absolute Gasteiger partial charge is 0.200 e. The van der Waals surface area contributed by atoms with Gasteiger partial charge in [0.05, 0.1) is 5.69 Å². The summed E-state index contributed by atoms with van der Waals surface area (Å²) in [6.07, 6.45) is 6.13. The predicted octanol–water partition coefficient (Wildman–Crippen LogP) is 1.62. The summed E-state index contributed by atoms with van der Waals surface area (Å²) < 4.78 is 5.44. The van der Waals surface area contributed by atoms with Crippen molar-refractivity contribution in [3.63, 3.8) is 0 Å². The number of aryl methyl sites for hydroxylation is 1. The summed E-state index contributed by atoms with van der Waals surface area (Å²) in [7, 11) is 0. The van der Waals surface area contributed by atoms with Crippen LogP contribution in [0.15, 0.2) is 10.7 Å². The Kier molecular flexibility index (Phi) is 2.12. The fourth-order valence-corrected chi connectivity index (χ4v) is 1.38. The van der Waals surface area contributed by atoms with E-state index in [1.54, 1.807) is 6.26 Å². The average molecular weight is 180 g/mol. The van der Waals surface area contributed by atoms with Crippen LogP contribution in [0.4, 0.5) is 0 Å². The second-order valence-electron chi connectivity index (χ2n) is 4.10. The molecule has 0 atom stereocenters. The number of oxazole rings is 1. The first-order chi connectivity index (χ1) is 6.24. The predicted molar refractivity (Wildman–Crippen MR) is 50.5 cm³/mol. The van der Waals surface area contributed by atoms with Crippen molar-refractivity contribution in [2.45, 2.75) is 38.0 Å². The maximum absolute atomic E-state index is 5.44. The second-order valence-corrected chi connectivity index (χ2v) is 4.10. The second kappa shape index (κ2) is 3.14. The van der Waals surface area contributed by atoms with E-state index in [0.29, 0.717) is 0 Å². The standard InChI is InChI=1S/C10H16N2O/c1-10(4-5-10)9-12-8(7-13-9)3-2-6-11/h7H,2-6,11H2,1H3. The Morgan fingerprint density at radius 1 is 1.62 bits per heavy atom. The van der Waals surface area contributed by atoms with Crippen molar-refractivity contribution in [2.24, 2.45) is 5.73 Å². The van der Waals surface area contributed by atoms with Crippen molar-refractivity contribution >= 4 is 0 Å². The summed E-state index contributed by atoms with van der Waals surface area (Å²) in [6.45, 7) is 2.92. The quantitative estimate of drug-likeness (QED) is 0.766. The first kappa shape index (κ1) is 8.75. The molecule has 1 aliphatic carbocycles. The molecule has 0 radical (unpaired) electrons. The van der Waals surface area contributed by atoms with E-state index in [-0.39, 0.29) is 5.41 Å². The van der Waals surface area contributed by atoms with Gasteiger partial charge in [0.15, 0.2) is 5.89 Å². The molecule has 13 heavy (non-hydrogen) atoms. The van der Waals surface area contributed by atoms with Crippen molar-refractivity contribution in [3.05, 3.63) is 17.8 Å². The molecule has 1 aromatic heterocycles. The molecule has 0 spiro atoms. The molecule has 1 saturated carbocycles. The molecule has 1 aliphatic rings. The fraction of sp³-hybridized carbons (Fsp3) is 0.700. The molecule has 1 aromatic rings. The molecule has 1 fully saturated rings. The third kappa shape index (κ3) is 1.75. The van der Waals surface area contributed by atoms with E-state index < -0.39 is 0 Å². The largest absolute Gasteiger partial charge is 0.448 e. The van der Waals surface area contributed by atoms with Gasteiger partial charge in [-0.3, -0.25) is 0 Å². The summed E-state index contributed by atoms with van der Waals surface area (Å²) in [6, 6.07) is 0. The van der Waals surface area contributed by atoms with Crippen molar-refractivity contribution in [1.29, 1.82) is 0 Å². The lowest BCUT2D eigenvalue weighted by Crippen LogP contribution is -2.02. The molecule has 2 N–H and O–H groups in total. The third-order valence-electron chi connectivity index (χ3n) is 2.71. The van der Waals surface area contributed by atoms with Crippen molar-refractivity contribution < 1.29 is 4.42 Å². The van der Waals surface area contributed by atoms with Crippen LogP contribution in [-0.4, -0.2) is 11.5 Å². The van der Waals surface area contributed by atoms with Crippen molar-refractivity contribution in [3.8, 4) is 0 Å². The van der Waals surface area contributed by atoms with E-state index in [4.69, 9.17) is 10.2 Å². The van der Waals surface area contributed by atoms with Gasteiger partial charge in [0, 0.05) is 5.41 Å². The Balaban J connectivity index is 2.01. The van der Waals surface area contributed by atoms with Gasteiger partial charge in [0.2, 0.25) is 0 Å². The van der Waals surface area contributed by atoms with Crippen LogP contribution in [0.2, 0.25) is 0 Å². The molecule has 0 saturated heterocycles. The highest BCUT2D eigenvalue weighted by atomic mass is 16.3. The van der Waals surface area contributed by atoms with Gasteiger partial charge in [-0.2, -0.15) is 0 Å². The molecule has 0 aromatic carbocycles. The monoisotopic (exact) mass is 180 g/mol. The summed E-state index contributed by atoms with van der Waals surface area (Å²) in [5.74, 6) is 0.916. The van der Waals surface area contributed by atoms with Crippen LogP contribution in [-0.2, 0) is 11.8 Å². The summed E-state index contributed by atoms with van der Waals surface area (Å²) in [4.78, 5) is 4.46. The Labute approximate surface area is 78.3 Å². The molecule has 3 heteroatoms. The summed E-state index contributed by atoms with van der Waals surface area (Å²) in [5.41, 5.74) is 6.72. The van der Waals surface area contributed by atoms with Crippen LogP contribution in [0.3, 0.4) is 0 Å². The molecular weight excluding hydrogens is 164 g/mol. The number of nitrogens with zero attached hydrogens (tertiary/aromatic N) is 1. The van der Waals surface area contributed by atoms with E-state index in [0.717, 1.165) is 31.0 Å². The van der Waals surface area contributed by atoms with Gasteiger partial charge in [-0.15, -0.1) is 0 Å². The normalized spacial score (nSPS) is 18.9. The zero-order valence-corrected chi connectivity index (χ0v) is 8.05.